The molecule has 146 valence electrons. The van der Waals surface area contributed by atoms with Gasteiger partial charge < -0.3 is 9.47 Å². The highest BCUT2D eigenvalue weighted by atomic mass is 79.9. The zero-order valence-electron chi connectivity index (χ0n) is 15.0. The molecule has 5 nitrogen and oxygen atoms in total. The fourth-order valence-electron chi connectivity index (χ4n) is 2.57. The maximum atomic E-state index is 13.3. The van der Waals surface area contributed by atoms with Gasteiger partial charge in [-0.1, -0.05) is 28.1 Å². The quantitative estimate of drug-likeness (QED) is 0.547. The minimum Gasteiger partial charge on any atom is -0.488 e. The number of carbonyl (C=O) groups is 2. The Morgan fingerprint density at radius 2 is 2.04 bits per heavy atom. The number of ether oxygens (including phenoxy) is 2. The Labute approximate surface area is 174 Å². The number of nitrogens with zero attached hydrogens (tertiary/aromatic N) is 1. The highest BCUT2D eigenvalue weighted by Gasteiger charge is 2.34. The predicted molar refractivity (Wildman–Crippen MR) is 109 cm³/mol. The Bertz CT molecular complexity index is 934. The third-order valence-corrected chi connectivity index (χ3v) is 5.34. The number of rotatable bonds is 7. The van der Waals surface area contributed by atoms with Crippen LogP contribution in [0.15, 0.2) is 51.8 Å². The third-order valence-electron chi connectivity index (χ3n) is 3.93. The summed E-state index contributed by atoms with van der Waals surface area (Å²) in [7, 11) is 1.51. The predicted octanol–water partition coefficient (Wildman–Crippen LogP) is 4.85. The first-order valence-electron chi connectivity index (χ1n) is 8.39. The summed E-state index contributed by atoms with van der Waals surface area (Å²) >= 11 is 4.28. The van der Waals surface area contributed by atoms with Crippen molar-refractivity contribution in [1.82, 2.24) is 4.90 Å². The van der Waals surface area contributed by atoms with Crippen LogP contribution in [0.25, 0.3) is 6.08 Å². The molecule has 2 amide bonds. The summed E-state index contributed by atoms with van der Waals surface area (Å²) in [5.74, 6) is -0.166. The summed E-state index contributed by atoms with van der Waals surface area (Å²) in [4.78, 5) is 26.1. The molecular weight excluding hydrogens is 449 g/mol. The Morgan fingerprint density at radius 1 is 1.21 bits per heavy atom. The maximum Gasteiger partial charge on any atom is 0.293 e. The smallest absolute Gasteiger partial charge is 0.293 e. The third kappa shape index (κ3) is 5.01. The molecule has 0 bridgehead atoms. The first-order valence-corrected chi connectivity index (χ1v) is 10.00. The SMILES string of the molecule is COCCN1C(=O)S/C(=C/c2cc(Br)ccc2OCc2cccc(F)c2)C1=O. The number of halogens is 2. The number of hydrogen-bond donors (Lipinski definition) is 0. The number of thioether (sulfide) groups is 1. The molecule has 0 N–H and O–H groups in total. The molecule has 28 heavy (non-hydrogen) atoms. The molecule has 1 fully saturated rings. The molecule has 1 heterocycles. The van der Waals surface area contributed by atoms with Crippen LogP contribution in [0.2, 0.25) is 0 Å². The van der Waals surface area contributed by atoms with E-state index in [9.17, 15) is 14.0 Å². The van der Waals surface area contributed by atoms with Gasteiger partial charge >= 0.3 is 0 Å². The molecule has 0 aromatic heterocycles. The molecule has 1 aliphatic rings. The topological polar surface area (TPSA) is 55.8 Å². The molecule has 0 atom stereocenters. The van der Waals surface area contributed by atoms with Crippen molar-refractivity contribution in [2.24, 2.45) is 0 Å². The van der Waals surface area contributed by atoms with Crippen LogP contribution in [0.4, 0.5) is 9.18 Å². The molecule has 0 aliphatic carbocycles. The second-order valence-corrected chi connectivity index (χ2v) is 7.84. The van der Waals surface area contributed by atoms with Gasteiger partial charge in [0.15, 0.2) is 0 Å². The lowest BCUT2D eigenvalue weighted by molar-refractivity contribution is -0.123. The zero-order valence-corrected chi connectivity index (χ0v) is 17.4. The lowest BCUT2D eigenvalue weighted by Crippen LogP contribution is -2.31. The minimum atomic E-state index is -0.358. The number of amides is 2. The minimum absolute atomic E-state index is 0.176. The molecule has 2 aromatic carbocycles. The van der Waals surface area contributed by atoms with Gasteiger partial charge in [0.05, 0.1) is 18.1 Å². The Kier molecular flexibility index (Phi) is 6.88. The van der Waals surface area contributed by atoms with Crippen LogP contribution in [0.3, 0.4) is 0 Å². The molecule has 3 rings (SSSR count). The van der Waals surface area contributed by atoms with Crippen molar-refractivity contribution in [1.29, 1.82) is 0 Å². The van der Waals surface area contributed by atoms with Gasteiger partial charge in [0.2, 0.25) is 0 Å². The number of benzene rings is 2. The summed E-state index contributed by atoms with van der Waals surface area (Å²) in [6.07, 6.45) is 1.63. The van der Waals surface area contributed by atoms with Crippen molar-refractivity contribution >= 4 is 44.9 Å². The van der Waals surface area contributed by atoms with Crippen molar-refractivity contribution in [2.75, 3.05) is 20.3 Å². The normalized spacial score (nSPS) is 15.5. The van der Waals surface area contributed by atoms with E-state index in [1.54, 1.807) is 30.3 Å². The van der Waals surface area contributed by atoms with E-state index in [2.05, 4.69) is 15.9 Å². The summed E-state index contributed by atoms with van der Waals surface area (Å²) in [6.45, 7) is 0.666. The van der Waals surface area contributed by atoms with Crippen LogP contribution in [0, 0.1) is 5.82 Å². The Balaban J connectivity index is 1.81. The first kappa shape index (κ1) is 20.6. The summed E-state index contributed by atoms with van der Waals surface area (Å²) < 4.78 is 24.9. The summed E-state index contributed by atoms with van der Waals surface area (Å²) in [5.41, 5.74) is 1.33. The highest BCUT2D eigenvalue weighted by Crippen LogP contribution is 2.35. The number of methoxy groups -OCH3 is 1. The van der Waals surface area contributed by atoms with Crippen molar-refractivity contribution in [3.63, 3.8) is 0 Å². The van der Waals surface area contributed by atoms with E-state index in [4.69, 9.17) is 9.47 Å². The highest BCUT2D eigenvalue weighted by molar-refractivity contribution is 9.10. The Morgan fingerprint density at radius 3 is 2.79 bits per heavy atom. The molecule has 0 radical (unpaired) electrons. The van der Waals surface area contributed by atoms with E-state index in [1.165, 1.54) is 19.2 Å². The molecule has 0 saturated carbocycles. The zero-order chi connectivity index (χ0) is 20.1. The Hall–Kier alpha value is -2.16. The van der Waals surface area contributed by atoms with Crippen LogP contribution in [0.5, 0.6) is 5.75 Å². The average molecular weight is 466 g/mol. The molecule has 2 aromatic rings. The van der Waals surface area contributed by atoms with E-state index in [1.807, 2.05) is 6.07 Å². The van der Waals surface area contributed by atoms with Crippen LogP contribution in [0.1, 0.15) is 11.1 Å². The van der Waals surface area contributed by atoms with Gasteiger partial charge in [-0.3, -0.25) is 14.5 Å². The largest absolute Gasteiger partial charge is 0.488 e. The van der Waals surface area contributed by atoms with Gasteiger partial charge in [-0.15, -0.1) is 0 Å². The van der Waals surface area contributed by atoms with Gasteiger partial charge in [-0.25, -0.2) is 4.39 Å². The molecule has 1 saturated heterocycles. The van der Waals surface area contributed by atoms with Crippen LogP contribution in [-0.4, -0.2) is 36.3 Å². The fraction of sp³-hybridized carbons (Fsp3) is 0.200. The summed E-state index contributed by atoms with van der Waals surface area (Å²) in [6, 6.07) is 11.5. The number of imide groups is 1. The van der Waals surface area contributed by atoms with Gasteiger partial charge in [-0.2, -0.15) is 0 Å². The van der Waals surface area contributed by atoms with Crippen molar-refractivity contribution in [3.8, 4) is 5.75 Å². The van der Waals surface area contributed by atoms with Crippen LogP contribution in [-0.2, 0) is 16.1 Å². The van der Waals surface area contributed by atoms with E-state index < -0.39 is 0 Å². The van der Waals surface area contributed by atoms with Crippen LogP contribution >= 0.6 is 27.7 Å². The van der Waals surface area contributed by atoms with E-state index in [-0.39, 0.29) is 36.7 Å². The van der Waals surface area contributed by atoms with Crippen molar-refractivity contribution in [2.45, 2.75) is 6.61 Å². The number of hydrogen-bond acceptors (Lipinski definition) is 5. The fourth-order valence-corrected chi connectivity index (χ4v) is 3.80. The summed E-state index contributed by atoms with van der Waals surface area (Å²) in [5, 5.41) is -0.328. The van der Waals surface area contributed by atoms with E-state index >= 15 is 0 Å². The van der Waals surface area contributed by atoms with Crippen LogP contribution < -0.4 is 4.74 Å². The van der Waals surface area contributed by atoms with Gasteiger partial charge in [0, 0.05) is 17.1 Å². The van der Waals surface area contributed by atoms with Crippen molar-refractivity contribution < 1.29 is 23.5 Å². The number of carbonyl (C=O) groups excluding carboxylic acids is 2. The van der Waals surface area contributed by atoms with Gasteiger partial charge in [0.25, 0.3) is 11.1 Å². The van der Waals surface area contributed by atoms with E-state index in [0.29, 0.717) is 21.8 Å². The standard InChI is InChI=1S/C20H17BrFNO4S/c1-26-8-7-23-19(24)18(28-20(23)25)11-14-10-15(21)5-6-17(14)27-12-13-3-2-4-16(22)9-13/h2-6,9-11H,7-8,12H2,1H3/b18-11+. The maximum absolute atomic E-state index is 13.3. The average Bonchev–Trinajstić information content (AvgIpc) is 2.92. The van der Waals surface area contributed by atoms with E-state index in [0.717, 1.165) is 21.1 Å². The molecule has 0 spiro atoms. The molecular formula is C20H17BrFNO4S. The second kappa shape index (κ2) is 9.36. The lowest BCUT2D eigenvalue weighted by Gasteiger charge is -2.11. The van der Waals surface area contributed by atoms with Gasteiger partial charge in [0.1, 0.15) is 18.2 Å². The molecule has 8 heteroatoms. The van der Waals surface area contributed by atoms with Crippen molar-refractivity contribution in [3.05, 3.63) is 68.8 Å². The van der Waals surface area contributed by atoms with Gasteiger partial charge in [-0.05, 0) is 53.7 Å². The lowest BCUT2D eigenvalue weighted by atomic mass is 10.1. The monoisotopic (exact) mass is 465 g/mol. The first-order chi connectivity index (χ1) is 13.5. The second-order valence-electron chi connectivity index (χ2n) is 5.93. The molecule has 0 unspecified atom stereocenters. The molecule has 1 aliphatic heterocycles.